The molecular formula is C19H28N2O3. The standard InChI is InChI=1S/C19H28N2O3/c1-19(2)17(15-9-11-24-18(15)19)21(3)10-8-16(22)20-13-6-5-7-14(12-13)23-4/h5-7,12,15,17-18H,8-11H2,1-4H3,(H,20,22)/t15-,17-,18+/m1/s1. The van der Waals surface area contributed by atoms with Gasteiger partial charge in [-0.05, 0) is 25.6 Å². The predicted molar refractivity (Wildman–Crippen MR) is 94.3 cm³/mol. The van der Waals surface area contributed by atoms with Gasteiger partial charge in [-0.2, -0.15) is 0 Å². The zero-order valence-electron chi connectivity index (χ0n) is 15.0. The van der Waals surface area contributed by atoms with Gasteiger partial charge >= 0.3 is 0 Å². The zero-order chi connectivity index (χ0) is 17.3. The quantitative estimate of drug-likeness (QED) is 0.870. The van der Waals surface area contributed by atoms with Gasteiger partial charge in [0.1, 0.15) is 5.75 Å². The van der Waals surface area contributed by atoms with Crippen molar-refractivity contribution in [1.82, 2.24) is 4.90 Å². The van der Waals surface area contributed by atoms with Crippen LogP contribution in [0.3, 0.4) is 0 Å². The SMILES string of the molecule is COc1cccc(NC(=O)CCN(C)[C@@H]2[C@H]3CCO[C@@H]3C2(C)C)c1. The zero-order valence-corrected chi connectivity index (χ0v) is 15.0. The van der Waals surface area contributed by atoms with Crippen molar-refractivity contribution in [3.63, 3.8) is 0 Å². The lowest BCUT2D eigenvalue weighted by Gasteiger charge is -2.58. The summed E-state index contributed by atoms with van der Waals surface area (Å²) in [6.45, 7) is 6.18. The lowest BCUT2D eigenvalue weighted by molar-refractivity contribution is -0.150. The molecule has 0 radical (unpaired) electrons. The third kappa shape index (κ3) is 3.15. The minimum Gasteiger partial charge on any atom is -0.497 e. The highest BCUT2D eigenvalue weighted by Gasteiger charge is 2.60. The number of hydrogen-bond acceptors (Lipinski definition) is 4. The van der Waals surface area contributed by atoms with Crippen molar-refractivity contribution in [3.05, 3.63) is 24.3 Å². The fraction of sp³-hybridized carbons (Fsp3) is 0.632. The average molecular weight is 332 g/mol. The maximum Gasteiger partial charge on any atom is 0.225 e. The number of hydrogen-bond donors (Lipinski definition) is 1. The molecule has 1 aromatic rings. The Morgan fingerprint density at radius 1 is 1.46 bits per heavy atom. The van der Waals surface area contributed by atoms with Gasteiger partial charge in [0.15, 0.2) is 0 Å². The van der Waals surface area contributed by atoms with E-state index in [4.69, 9.17) is 9.47 Å². The summed E-state index contributed by atoms with van der Waals surface area (Å²) in [5.41, 5.74) is 0.939. The fourth-order valence-electron chi connectivity index (χ4n) is 4.53. The van der Waals surface area contributed by atoms with Crippen LogP contribution in [-0.2, 0) is 9.53 Å². The van der Waals surface area contributed by atoms with Gasteiger partial charge in [0.2, 0.25) is 5.91 Å². The molecule has 0 unspecified atom stereocenters. The van der Waals surface area contributed by atoms with Crippen LogP contribution in [-0.4, -0.2) is 50.3 Å². The van der Waals surface area contributed by atoms with Crippen LogP contribution < -0.4 is 10.1 Å². The van der Waals surface area contributed by atoms with E-state index in [0.29, 0.717) is 24.5 Å². The van der Waals surface area contributed by atoms with Crippen LogP contribution in [0.15, 0.2) is 24.3 Å². The average Bonchev–Trinajstić information content (AvgIpc) is 2.99. The molecule has 132 valence electrons. The van der Waals surface area contributed by atoms with Gasteiger partial charge in [-0.3, -0.25) is 4.79 Å². The minimum atomic E-state index is 0.0338. The van der Waals surface area contributed by atoms with Crippen molar-refractivity contribution in [2.45, 2.75) is 38.8 Å². The van der Waals surface area contributed by atoms with E-state index in [0.717, 1.165) is 31.0 Å². The molecule has 1 amide bonds. The van der Waals surface area contributed by atoms with Gasteiger partial charge in [0.25, 0.3) is 0 Å². The van der Waals surface area contributed by atoms with Crippen LogP contribution in [0, 0.1) is 11.3 Å². The maximum atomic E-state index is 12.2. The number of amides is 1. The molecule has 1 N–H and O–H groups in total. The monoisotopic (exact) mass is 332 g/mol. The van der Waals surface area contributed by atoms with Crippen molar-refractivity contribution >= 4 is 11.6 Å². The predicted octanol–water partition coefficient (Wildman–Crippen LogP) is 2.77. The molecule has 2 aliphatic rings. The summed E-state index contributed by atoms with van der Waals surface area (Å²) in [6.07, 6.45) is 2.01. The Bertz CT molecular complexity index is 602. The van der Waals surface area contributed by atoms with Crippen LogP contribution in [0.2, 0.25) is 0 Å². The third-order valence-corrected chi connectivity index (χ3v) is 5.56. The number of nitrogens with one attached hydrogen (secondary N) is 1. The molecule has 24 heavy (non-hydrogen) atoms. The molecule has 5 nitrogen and oxygen atoms in total. The molecule has 2 fully saturated rings. The highest BCUT2D eigenvalue weighted by atomic mass is 16.5. The van der Waals surface area contributed by atoms with E-state index >= 15 is 0 Å². The molecule has 1 aliphatic carbocycles. The molecule has 1 heterocycles. The van der Waals surface area contributed by atoms with Gasteiger partial charge in [-0.1, -0.05) is 19.9 Å². The Labute approximate surface area is 144 Å². The number of benzene rings is 1. The molecule has 0 spiro atoms. The Balaban J connectivity index is 1.51. The normalized spacial score (nSPS) is 27.5. The van der Waals surface area contributed by atoms with E-state index < -0.39 is 0 Å². The number of fused-ring (bicyclic) bond motifs is 1. The van der Waals surface area contributed by atoms with Crippen molar-refractivity contribution in [1.29, 1.82) is 0 Å². The Morgan fingerprint density at radius 3 is 3.00 bits per heavy atom. The van der Waals surface area contributed by atoms with E-state index in [2.05, 4.69) is 31.1 Å². The van der Waals surface area contributed by atoms with Gasteiger partial charge in [0, 0.05) is 48.7 Å². The second-order valence-electron chi connectivity index (χ2n) is 7.52. The lowest BCUT2D eigenvalue weighted by atomic mass is 9.57. The number of anilines is 1. The summed E-state index contributed by atoms with van der Waals surface area (Å²) >= 11 is 0. The van der Waals surface area contributed by atoms with E-state index in [-0.39, 0.29) is 11.3 Å². The van der Waals surface area contributed by atoms with Gasteiger partial charge in [-0.25, -0.2) is 0 Å². The van der Waals surface area contributed by atoms with Gasteiger partial charge < -0.3 is 19.7 Å². The molecule has 3 atom stereocenters. The summed E-state index contributed by atoms with van der Waals surface area (Å²) in [5, 5.41) is 2.94. The van der Waals surface area contributed by atoms with Crippen LogP contribution in [0.1, 0.15) is 26.7 Å². The summed E-state index contributed by atoms with van der Waals surface area (Å²) in [4.78, 5) is 14.6. The Hall–Kier alpha value is -1.59. The van der Waals surface area contributed by atoms with Crippen molar-refractivity contribution in [2.24, 2.45) is 11.3 Å². The van der Waals surface area contributed by atoms with Crippen LogP contribution in [0.5, 0.6) is 5.75 Å². The molecule has 0 bridgehead atoms. The summed E-state index contributed by atoms with van der Waals surface area (Å²) in [5.74, 6) is 1.39. The molecule has 1 aliphatic heterocycles. The van der Waals surface area contributed by atoms with Crippen LogP contribution in [0.25, 0.3) is 0 Å². The number of carbonyl (C=O) groups is 1. The Morgan fingerprint density at radius 2 is 2.25 bits per heavy atom. The van der Waals surface area contributed by atoms with Crippen LogP contribution in [0.4, 0.5) is 5.69 Å². The van der Waals surface area contributed by atoms with E-state index in [1.54, 1.807) is 7.11 Å². The molecular weight excluding hydrogens is 304 g/mol. The van der Waals surface area contributed by atoms with Gasteiger partial charge in [-0.15, -0.1) is 0 Å². The number of carbonyl (C=O) groups excluding carboxylic acids is 1. The smallest absolute Gasteiger partial charge is 0.225 e. The second-order valence-corrected chi connectivity index (χ2v) is 7.52. The van der Waals surface area contributed by atoms with E-state index in [1.165, 1.54) is 0 Å². The summed E-state index contributed by atoms with van der Waals surface area (Å²) in [6, 6.07) is 7.94. The second kappa shape index (κ2) is 6.73. The molecule has 0 aromatic heterocycles. The lowest BCUT2D eigenvalue weighted by Crippen LogP contribution is -2.66. The van der Waals surface area contributed by atoms with E-state index in [9.17, 15) is 4.79 Å². The molecule has 5 heteroatoms. The highest BCUT2D eigenvalue weighted by molar-refractivity contribution is 5.91. The van der Waals surface area contributed by atoms with E-state index in [1.807, 2.05) is 24.3 Å². The van der Waals surface area contributed by atoms with Crippen molar-refractivity contribution in [2.75, 3.05) is 32.6 Å². The first-order chi connectivity index (χ1) is 11.4. The number of ether oxygens (including phenoxy) is 2. The highest BCUT2D eigenvalue weighted by Crippen LogP contribution is 2.54. The molecule has 1 saturated carbocycles. The topological polar surface area (TPSA) is 50.8 Å². The molecule has 1 saturated heterocycles. The van der Waals surface area contributed by atoms with Crippen molar-refractivity contribution < 1.29 is 14.3 Å². The van der Waals surface area contributed by atoms with Crippen LogP contribution >= 0.6 is 0 Å². The Kier molecular flexibility index (Phi) is 4.83. The summed E-state index contributed by atoms with van der Waals surface area (Å²) < 4.78 is 11.0. The van der Waals surface area contributed by atoms with Gasteiger partial charge in [0.05, 0.1) is 13.2 Å². The number of rotatable bonds is 6. The maximum absolute atomic E-state index is 12.2. The third-order valence-electron chi connectivity index (χ3n) is 5.56. The number of methoxy groups -OCH3 is 1. The fourth-order valence-corrected chi connectivity index (χ4v) is 4.53. The minimum absolute atomic E-state index is 0.0338. The molecule has 3 rings (SSSR count). The molecule has 1 aromatic carbocycles. The number of nitrogens with zero attached hydrogens (tertiary/aromatic N) is 1. The summed E-state index contributed by atoms with van der Waals surface area (Å²) in [7, 11) is 3.75. The first-order valence-corrected chi connectivity index (χ1v) is 8.69. The largest absolute Gasteiger partial charge is 0.497 e. The van der Waals surface area contributed by atoms with Crippen molar-refractivity contribution in [3.8, 4) is 5.75 Å². The first kappa shape index (κ1) is 17.2. The first-order valence-electron chi connectivity index (χ1n) is 8.69.